The summed E-state index contributed by atoms with van der Waals surface area (Å²) in [6.45, 7) is 0.783. The molecule has 1 saturated carbocycles. The van der Waals surface area contributed by atoms with Gasteiger partial charge >= 0.3 is 0 Å². The van der Waals surface area contributed by atoms with Crippen molar-refractivity contribution in [3.8, 4) is 5.75 Å². The van der Waals surface area contributed by atoms with Crippen molar-refractivity contribution in [3.63, 3.8) is 0 Å². The number of hydrogen-bond donors (Lipinski definition) is 1. The van der Waals surface area contributed by atoms with E-state index in [-0.39, 0.29) is 6.10 Å². The predicted molar refractivity (Wildman–Crippen MR) is 78.0 cm³/mol. The van der Waals surface area contributed by atoms with Gasteiger partial charge in [-0.05, 0) is 48.4 Å². The number of aryl methyl sites for hydroxylation is 1. The van der Waals surface area contributed by atoms with E-state index >= 15 is 0 Å². The molecule has 2 atom stereocenters. The van der Waals surface area contributed by atoms with E-state index in [2.05, 4.69) is 6.07 Å². The van der Waals surface area contributed by atoms with Crippen molar-refractivity contribution in [2.24, 2.45) is 5.92 Å². The molecule has 1 N–H and O–H groups in total. The first-order valence-electron chi connectivity index (χ1n) is 7.74. The SMILES string of the molecule is COc1ccc2c(c1)C(O)C(OCCC1CCC1)CC2. The summed E-state index contributed by atoms with van der Waals surface area (Å²) in [5.41, 5.74) is 2.20. The molecule has 2 aliphatic rings. The van der Waals surface area contributed by atoms with Crippen LogP contribution in [-0.2, 0) is 11.2 Å². The summed E-state index contributed by atoms with van der Waals surface area (Å²) in [5.74, 6) is 1.67. The summed E-state index contributed by atoms with van der Waals surface area (Å²) in [4.78, 5) is 0. The van der Waals surface area contributed by atoms with Crippen molar-refractivity contribution in [1.82, 2.24) is 0 Å². The third-order valence-electron chi connectivity index (χ3n) is 4.80. The van der Waals surface area contributed by atoms with Gasteiger partial charge in [-0.1, -0.05) is 25.3 Å². The van der Waals surface area contributed by atoms with Gasteiger partial charge in [0.05, 0.1) is 13.2 Å². The molecule has 0 aliphatic heterocycles. The average Bonchev–Trinajstić information content (AvgIpc) is 2.43. The molecule has 3 rings (SSSR count). The highest BCUT2D eigenvalue weighted by molar-refractivity contribution is 5.39. The molecule has 0 radical (unpaired) electrons. The lowest BCUT2D eigenvalue weighted by Gasteiger charge is -2.31. The first kappa shape index (κ1) is 13.9. The molecule has 2 aliphatic carbocycles. The average molecular weight is 276 g/mol. The Bertz CT molecular complexity index is 454. The maximum atomic E-state index is 10.5. The first-order chi connectivity index (χ1) is 9.78. The maximum absolute atomic E-state index is 10.5. The zero-order chi connectivity index (χ0) is 13.9. The number of fused-ring (bicyclic) bond motifs is 1. The summed E-state index contributed by atoms with van der Waals surface area (Å²) in [7, 11) is 1.66. The van der Waals surface area contributed by atoms with Crippen molar-refractivity contribution in [2.75, 3.05) is 13.7 Å². The van der Waals surface area contributed by atoms with Gasteiger partial charge in [-0.25, -0.2) is 0 Å². The van der Waals surface area contributed by atoms with Gasteiger partial charge in [0.2, 0.25) is 0 Å². The monoisotopic (exact) mass is 276 g/mol. The molecule has 1 fully saturated rings. The van der Waals surface area contributed by atoms with Crippen LogP contribution in [0.3, 0.4) is 0 Å². The number of methoxy groups -OCH3 is 1. The molecule has 2 unspecified atom stereocenters. The molecular formula is C17H24O3. The molecule has 20 heavy (non-hydrogen) atoms. The number of benzene rings is 1. The van der Waals surface area contributed by atoms with Gasteiger partial charge in [0.1, 0.15) is 11.9 Å². The van der Waals surface area contributed by atoms with Gasteiger partial charge in [0.25, 0.3) is 0 Å². The Morgan fingerprint density at radius 2 is 2.10 bits per heavy atom. The standard InChI is InChI=1S/C17H24O3/c1-19-14-7-5-13-6-8-16(17(18)15(13)11-14)20-10-9-12-3-2-4-12/h5,7,11-12,16-18H,2-4,6,8-10H2,1H3. The van der Waals surface area contributed by atoms with Crippen LogP contribution in [0.4, 0.5) is 0 Å². The molecular weight excluding hydrogens is 252 g/mol. The van der Waals surface area contributed by atoms with E-state index in [9.17, 15) is 5.11 Å². The van der Waals surface area contributed by atoms with Crippen molar-refractivity contribution in [2.45, 2.75) is 50.7 Å². The summed E-state index contributed by atoms with van der Waals surface area (Å²) in [5, 5.41) is 10.5. The number of hydrogen-bond acceptors (Lipinski definition) is 3. The number of aliphatic hydroxyl groups is 1. The Morgan fingerprint density at radius 1 is 1.25 bits per heavy atom. The molecule has 3 nitrogen and oxygen atoms in total. The highest BCUT2D eigenvalue weighted by Crippen LogP contribution is 2.35. The fourth-order valence-corrected chi connectivity index (χ4v) is 3.20. The minimum Gasteiger partial charge on any atom is -0.497 e. The number of aliphatic hydroxyl groups excluding tert-OH is 1. The summed E-state index contributed by atoms with van der Waals surface area (Å²) < 4.78 is 11.2. The van der Waals surface area contributed by atoms with Crippen LogP contribution in [-0.4, -0.2) is 24.9 Å². The van der Waals surface area contributed by atoms with Crippen LogP contribution in [0, 0.1) is 5.92 Å². The zero-order valence-corrected chi connectivity index (χ0v) is 12.2. The molecule has 110 valence electrons. The molecule has 0 aromatic heterocycles. The molecule has 0 saturated heterocycles. The largest absolute Gasteiger partial charge is 0.497 e. The molecule has 1 aromatic rings. The second kappa shape index (κ2) is 6.15. The Hall–Kier alpha value is -1.06. The van der Waals surface area contributed by atoms with E-state index in [0.717, 1.165) is 43.1 Å². The minimum atomic E-state index is -0.518. The quantitative estimate of drug-likeness (QED) is 0.897. The fraction of sp³-hybridized carbons (Fsp3) is 0.647. The second-order valence-corrected chi connectivity index (χ2v) is 6.04. The lowest BCUT2D eigenvalue weighted by Crippen LogP contribution is -2.29. The Balaban J connectivity index is 1.60. The van der Waals surface area contributed by atoms with Gasteiger partial charge in [-0.2, -0.15) is 0 Å². The van der Waals surface area contributed by atoms with Gasteiger partial charge < -0.3 is 14.6 Å². The van der Waals surface area contributed by atoms with Crippen molar-refractivity contribution < 1.29 is 14.6 Å². The van der Waals surface area contributed by atoms with E-state index in [0.29, 0.717) is 0 Å². The highest BCUT2D eigenvalue weighted by Gasteiger charge is 2.29. The lowest BCUT2D eigenvalue weighted by atomic mass is 9.83. The predicted octanol–water partition coefficient (Wildman–Crippen LogP) is 3.25. The Labute approximate surface area is 120 Å². The molecule has 0 amide bonds. The van der Waals surface area contributed by atoms with Crippen LogP contribution in [0.2, 0.25) is 0 Å². The van der Waals surface area contributed by atoms with Gasteiger partial charge in [0.15, 0.2) is 0 Å². The van der Waals surface area contributed by atoms with Crippen LogP contribution in [0.1, 0.15) is 49.3 Å². The van der Waals surface area contributed by atoms with E-state index in [1.165, 1.54) is 24.8 Å². The maximum Gasteiger partial charge on any atom is 0.119 e. The van der Waals surface area contributed by atoms with Crippen LogP contribution in [0.15, 0.2) is 18.2 Å². The van der Waals surface area contributed by atoms with E-state index in [1.54, 1.807) is 7.11 Å². The normalized spacial score (nSPS) is 25.9. The van der Waals surface area contributed by atoms with E-state index < -0.39 is 6.10 Å². The van der Waals surface area contributed by atoms with Crippen LogP contribution >= 0.6 is 0 Å². The van der Waals surface area contributed by atoms with Gasteiger partial charge in [-0.15, -0.1) is 0 Å². The summed E-state index contributed by atoms with van der Waals surface area (Å²) in [6, 6.07) is 5.97. The topological polar surface area (TPSA) is 38.7 Å². The van der Waals surface area contributed by atoms with Crippen LogP contribution < -0.4 is 4.74 Å². The molecule has 1 aromatic carbocycles. The lowest BCUT2D eigenvalue weighted by molar-refractivity contribution is -0.0539. The fourth-order valence-electron chi connectivity index (χ4n) is 3.20. The van der Waals surface area contributed by atoms with Gasteiger partial charge in [0, 0.05) is 6.61 Å². The number of ether oxygens (including phenoxy) is 2. The number of rotatable bonds is 5. The van der Waals surface area contributed by atoms with E-state index in [4.69, 9.17) is 9.47 Å². The molecule has 0 heterocycles. The van der Waals surface area contributed by atoms with Crippen molar-refractivity contribution in [1.29, 1.82) is 0 Å². The van der Waals surface area contributed by atoms with Crippen molar-refractivity contribution in [3.05, 3.63) is 29.3 Å². The Morgan fingerprint density at radius 3 is 2.80 bits per heavy atom. The van der Waals surface area contributed by atoms with Gasteiger partial charge in [-0.3, -0.25) is 0 Å². The third kappa shape index (κ3) is 2.84. The summed E-state index contributed by atoms with van der Waals surface area (Å²) >= 11 is 0. The van der Waals surface area contributed by atoms with Crippen LogP contribution in [0.25, 0.3) is 0 Å². The smallest absolute Gasteiger partial charge is 0.119 e. The Kier molecular flexibility index (Phi) is 4.27. The summed E-state index contributed by atoms with van der Waals surface area (Å²) in [6.07, 6.45) is 6.55. The third-order valence-corrected chi connectivity index (χ3v) is 4.80. The first-order valence-corrected chi connectivity index (χ1v) is 7.74. The second-order valence-electron chi connectivity index (χ2n) is 6.04. The van der Waals surface area contributed by atoms with Crippen LogP contribution in [0.5, 0.6) is 5.75 Å². The zero-order valence-electron chi connectivity index (χ0n) is 12.2. The molecule has 0 bridgehead atoms. The van der Waals surface area contributed by atoms with Crippen molar-refractivity contribution >= 4 is 0 Å². The highest BCUT2D eigenvalue weighted by atomic mass is 16.5. The van der Waals surface area contributed by atoms with E-state index in [1.807, 2.05) is 12.1 Å². The molecule has 0 spiro atoms. The molecule has 3 heteroatoms. The minimum absolute atomic E-state index is 0.0605.